The van der Waals surface area contributed by atoms with Gasteiger partial charge in [0.1, 0.15) is 0 Å². The fourth-order valence-electron chi connectivity index (χ4n) is 3.04. The summed E-state index contributed by atoms with van der Waals surface area (Å²) < 4.78 is 27.1. The number of carboxylic acids is 1. The molecule has 6 heteroatoms. The highest BCUT2D eigenvalue weighted by atomic mass is 19.2. The Balaban J connectivity index is 1.59. The molecule has 3 rings (SSSR count). The van der Waals surface area contributed by atoms with Crippen LogP contribution in [0.1, 0.15) is 30.4 Å². The standard InChI is InChI=1S/C20H19F2NO3/c1-11(20(25)26)9-12-5-7-13(8-6-12)23-19(24)16-10-15(16)14-3-2-4-17(21)18(14)22/h2-8,11,15-16H,9-10H2,1H3,(H,23,24)(H,25,26). The third-order valence-electron chi connectivity index (χ3n) is 4.69. The Morgan fingerprint density at radius 1 is 1.19 bits per heavy atom. The van der Waals surface area contributed by atoms with Crippen molar-refractivity contribution in [2.24, 2.45) is 11.8 Å². The number of rotatable bonds is 6. The van der Waals surface area contributed by atoms with Gasteiger partial charge in [0.25, 0.3) is 0 Å². The Bertz CT molecular complexity index is 835. The quantitative estimate of drug-likeness (QED) is 0.820. The summed E-state index contributed by atoms with van der Waals surface area (Å²) >= 11 is 0. The molecular formula is C20H19F2NO3. The van der Waals surface area contributed by atoms with Crippen molar-refractivity contribution >= 4 is 17.6 Å². The van der Waals surface area contributed by atoms with E-state index in [4.69, 9.17) is 5.11 Å². The summed E-state index contributed by atoms with van der Waals surface area (Å²) in [6.07, 6.45) is 0.896. The van der Waals surface area contributed by atoms with Gasteiger partial charge in [-0.15, -0.1) is 0 Å². The van der Waals surface area contributed by atoms with Gasteiger partial charge >= 0.3 is 5.97 Å². The summed E-state index contributed by atoms with van der Waals surface area (Å²) in [5.74, 6) is -4.04. The molecule has 3 unspecified atom stereocenters. The zero-order valence-corrected chi connectivity index (χ0v) is 14.2. The van der Waals surface area contributed by atoms with E-state index < -0.39 is 23.5 Å². The predicted molar refractivity (Wildman–Crippen MR) is 92.8 cm³/mol. The van der Waals surface area contributed by atoms with E-state index in [-0.39, 0.29) is 23.3 Å². The average Bonchev–Trinajstić information content (AvgIpc) is 3.39. The van der Waals surface area contributed by atoms with Gasteiger partial charge in [-0.1, -0.05) is 31.2 Å². The summed E-state index contributed by atoms with van der Waals surface area (Å²) in [6.45, 7) is 1.64. The Kier molecular flexibility index (Phi) is 5.02. The number of hydrogen-bond acceptors (Lipinski definition) is 2. The summed E-state index contributed by atoms with van der Waals surface area (Å²) in [5.41, 5.74) is 1.69. The first-order valence-corrected chi connectivity index (χ1v) is 8.43. The highest BCUT2D eigenvalue weighted by Gasteiger charge is 2.45. The zero-order chi connectivity index (χ0) is 18.8. The molecule has 0 spiro atoms. The Hall–Kier alpha value is -2.76. The minimum absolute atomic E-state index is 0.231. The summed E-state index contributed by atoms with van der Waals surface area (Å²) in [7, 11) is 0. The number of carbonyl (C=O) groups excluding carboxylic acids is 1. The Morgan fingerprint density at radius 2 is 1.88 bits per heavy atom. The second-order valence-electron chi connectivity index (χ2n) is 6.72. The van der Waals surface area contributed by atoms with Crippen molar-refractivity contribution in [3.05, 3.63) is 65.2 Å². The van der Waals surface area contributed by atoms with Gasteiger partial charge < -0.3 is 10.4 Å². The summed E-state index contributed by atoms with van der Waals surface area (Å²) in [5, 5.41) is 11.7. The number of amides is 1. The molecule has 2 N–H and O–H groups in total. The third-order valence-corrected chi connectivity index (χ3v) is 4.69. The molecule has 2 aromatic carbocycles. The molecule has 0 saturated heterocycles. The van der Waals surface area contributed by atoms with Crippen molar-refractivity contribution in [1.29, 1.82) is 0 Å². The second-order valence-corrected chi connectivity index (χ2v) is 6.72. The van der Waals surface area contributed by atoms with E-state index >= 15 is 0 Å². The van der Waals surface area contributed by atoms with Crippen LogP contribution in [0.5, 0.6) is 0 Å². The van der Waals surface area contributed by atoms with Crippen LogP contribution < -0.4 is 5.32 Å². The molecule has 1 aliphatic rings. The molecule has 0 bridgehead atoms. The molecule has 26 heavy (non-hydrogen) atoms. The molecule has 1 aliphatic carbocycles. The monoisotopic (exact) mass is 359 g/mol. The molecule has 0 aromatic heterocycles. The van der Waals surface area contributed by atoms with E-state index in [1.807, 2.05) is 0 Å². The molecule has 1 saturated carbocycles. The molecule has 136 valence electrons. The Morgan fingerprint density at radius 3 is 2.54 bits per heavy atom. The van der Waals surface area contributed by atoms with E-state index in [9.17, 15) is 18.4 Å². The van der Waals surface area contributed by atoms with Gasteiger partial charge in [-0.05, 0) is 48.1 Å². The lowest BCUT2D eigenvalue weighted by atomic mass is 10.0. The minimum Gasteiger partial charge on any atom is -0.481 e. The number of hydrogen-bond donors (Lipinski definition) is 2. The van der Waals surface area contributed by atoms with Gasteiger partial charge in [0.15, 0.2) is 11.6 Å². The van der Waals surface area contributed by atoms with E-state index in [1.165, 1.54) is 12.1 Å². The first-order chi connectivity index (χ1) is 12.4. The third kappa shape index (κ3) is 3.90. The number of nitrogens with one attached hydrogen (secondary N) is 1. The van der Waals surface area contributed by atoms with Crippen LogP contribution in [0.2, 0.25) is 0 Å². The average molecular weight is 359 g/mol. The lowest BCUT2D eigenvalue weighted by Gasteiger charge is -2.09. The van der Waals surface area contributed by atoms with Gasteiger partial charge in [-0.2, -0.15) is 0 Å². The van der Waals surface area contributed by atoms with E-state index in [1.54, 1.807) is 31.2 Å². The highest BCUT2D eigenvalue weighted by Crippen LogP contribution is 2.49. The molecule has 0 heterocycles. The molecule has 3 atom stereocenters. The topological polar surface area (TPSA) is 66.4 Å². The van der Waals surface area contributed by atoms with Crippen LogP contribution >= 0.6 is 0 Å². The number of carbonyl (C=O) groups is 2. The molecule has 2 aromatic rings. The Labute approximate surface area is 149 Å². The molecule has 0 aliphatic heterocycles. The number of carboxylic acid groups (broad SMARTS) is 1. The van der Waals surface area contributed by atoms with Crippen molar-refractivity contribution in [2.75, 3.05) is 5.32 Å². The fourth-order valence-corrected chi connectivity index (χ4v) is 3.04. The second kappa shape index (κ2) is 7.23. The SMILES string of the molecule is CC(Cc1ccc(NC(=O)C2CC2c2cccc(F)c2F)cc1)C(=O)O. The van der Waals surface area contributed by atoms with Crippen molar-refractivity contribution in [2.45, 2.75) is 25.7 Å². The number of benzene rings is 2. The predicted octanol–water partition coefficient (Wildman–Crippen LogP) is 3.97. The van der Waals surface area contributed by atoms with Crippen molar-refractivity contribution in [3.63, 3.8) is 0 Å². The molecule has 4 nitrogen and oxygen atoms in total. The first kappa shape index (κ1) is 18.0. The largest absolute Gasteiger partial charge is 0.481 e. The van der Waals surface area contributed by atoms with Gasteiger partial charge in [-0.25, -0.2) is 8.78 Å². The van der Waals surface area contributed by atoms with Crippen LogP contribution in [0.15, 0.2) is 42.5 Å². The van der Waals surface area contributed by atoms with Gasteiger partial charge in [0.2, 0.25) is 5.91 Å². The number of anilines is 1. The smallest absolute Gasteiger partial charge is 0.306 e. The van der Waals surface area contributed by atoms with E-state index in [0.717, 1.165) is 11.6 Å². The van der Waals surface area contributed by atoms with Gasteiger partial charge in [0, 0.05) is 11.6 Å². The van der Waals surface area contributed by atoms with Crippen LogP contribution in [-0.2, 0) is 16.0 Å². The van der Waals surface area contributed by atoms with Crippen LogP contribution in [0.25, 0.3) is 0 Å². The fraction of sp³-hybridized carbons (Fsp3) is 0.300. The maximum absolute atomic E-state index is 13.8. The summed E-state index contributed by atoms with van der Waals surface area (Å²) in [4.78, 5) is 23.2. The molecule has 1 amide bonds. The van der Waals surface area contributed by atoms with Gasteiger partial charge in [-0.3, -0.25) is 9.59 Å². The number of halogens is 2. The van der Waals surface area contributed by atoms with Crippen molar-refractivity contribution in [3.8, 4) is 0 Å². The van der Waals surface area contributed by atoms with Crippen molar-refractivity contribution < 1.29 is 23.5 Å². The maximum atomic E-state index is 13.8. The maximum Gasteiger partial charge on any atom is 0.306 e. The highest BCUT2D eigenvalue weighted by molar-refractivity contribution is 5.95. The van der Waals surface area contributed by atoms with E-state index in [0.29, 0.717) is 18.5 Å². The lowest BCUT2D eigenvalue weighted by molar-refractivity contribution is -0.141. The van der Waals surface area contributed by atoms with Crippen LogP contribution in [0.3, 0.4) is 0 Å². The van der Waals surface area contributed by atoms with Crippen LogP contribution in [-0.4, -0.2) is 17.0 Å². The van der Waals surface area contributed by atoms with Crippen LogP contribution in [0, 0.1) is 23.5 Å². The zero-order valence-electron chi connectivity index (χ0n) is 14.2. The summed E-state index contributed by atoms with van der Waals surface area (Å²) in [6, 6.07) is 11.0. The lowest BCUT2D eigenvalue weighted by Crippen LogP contribution is -2.15. The van der Waals surface area contributed by atoms with Gasteiger partial charge in [0.05, 0.1) is 5.92 Å². The molecule has 0 radical (unpaired) electrons. The first-order valence-electron chi connectivity index (χ1n) is 8.43. The minimum atomic E-state index is -0.903. The van der Waals surface area contributed by atoms with Crippen molar-refractivity contribution in [1.82, 2.24) is 0 Å². The molecular weight excluding hydrogens is 340 g/mol. The molecule has 1 fully saturated rings. The normalized spacial score (nSPS) is 19.7. The van der Waals surface area contributed by atoms with E-state index in [2.05, 4.69) is 5.32 Å². The van der Waals surface area contributed by atoms with Crippen LogP contribution in [0.4, 0.5) is 14.5 Å². The number of aliphatic carboxylic acids is 1.